The van der Waals surface area contributed by atoms with Crippen molar-refractivity contribution in [2.75, 3.05) is 19.6 Å². The minimum absolute atomic E-state index is 0.0618. The molecule has 1 saturated heterocycles. The number of fused-ring (bicyclic) bond motifs is 1. The summed E-state index contributed by atoms with van der Waals surface area (Å²) in [5.41, 5.74) is 0.888. The molecule has 1 saturated carbocycles. The number of allylic oxidation sites excluding steroid dienone is 2. The highest BCUT2D eigenvalue weighted by Crippen LogP contribution is 2.42. The molecule has 0 aromatic heterocycles. The maximum absolute atomic E-state index is 13.9. The summed E-state index contributed by atoms with van der Waals surface area (Å²) in [6.07, 6.45) is -2.74. The second-order valence-corrected chi connectivity index (χ2v) is 10.6. The maximum Gasteiger partial charge on any atom is 0.461 e. The molecule has 2 unspecified atom stereocenters. The fourth-order valence-corrected chi connectivity index (χ4v) is 5.53. The molecule has 2 aromatic carbocycles. The molecule has 0 radical (unpaired) electrons. The van der Waals surface area contributed by atoms with Gasteiger partial charge in [-0.2, -0.15) is 17.6 Å². The van der Waals surface area contributed by atoms with Crippen molar-refractivity contribution >= 4 is 29.3 Å². The highest BCUT2D eigenvalue weighted by atomic mass is 35.5. The number of halogens is 5. The SMILES string of the molecule is O=C1CN(C(=O)N[C@](Cc2ccccc2)(C2=NC=C3CC(Cl)C3C=C2)c2cccc(OC(F)(F)C(F)F)c2)CCN1. The van der Waals surface area contributed by atoms with E-state index in [9.17, 15) is 27.2 Å². The highest BCUT2D eigenvalue weighted by Gasteiger charge is 2.45. The topological polar surface area (TPSA) is 83.0 Å². The molecule has 12 heteroatoms. The van der Waals surface area contributed by atoms with Crippen molar-refractivity contribution in [3.8, 4) is 5.75 Å². The number of aliphatic imine (C=N–C) groups is 1. The normalized spacial score (nSPS) is 21.9. The molecule has 41 heavy (non-hydrogen) atoms. The Kier molecular flexibility index (Phi) is 8.08. The maximum atomic E-state index is 13.9. The third-order valence-electron chi connectivity index (χ3n) is 7.31. The number of amides is 3. The molecule has 3 aliphatic rings. The van der Waals surface area contributed by atoms with Gasteiger partial charge in [0.2, 0.25) is 5.91 Å². The second kappa shape index (κ2) is 11.6. The van der Waals surface area contributed by atoms with Gasteiger partial charge in [0.25, 0.3) is 0 Å². The van der Waals surface area contributed by atoms with Gasteiger partial charge < -0.3 is 20.3 Å². The molecular formula is C29H27ClF4N4O3. The van der Waals surface area contributed by atoms with Crippen molar-refractivity contribution in [2.24, 2.45) is 10.9 Å². The lowest BCUT2D eigenvalue weighted by molar-refractivity contribution is -0.253. The van der Waals surface area contributed by atoms with Crippen LogP contribution in [-0.4, -0.2) is 60.1 Å². The number of carbonyl (C=O) groups is 2. The first-order valence-electron chi connectivity index (χ1n) is 13.0. The Balaban J connectivity index is 1.64. The number of hydrogen-bond donors (Lipinski definition) is 2. The van der Waals surface area contributed by atoms with Gasteiger partial charge in [-0.15, -0.1) is 11.6 Å². The van der Waals surface area contributed by atoms with Crippen LogP contribution < -0.4 is 15.4 Å². The van der Waals surface area contributed by atoms with Crippen LogP contribution in [0.4, 0.5) is 22.4 Å². The third kappa shape index (κ3) is 6.09. The van der Waals surface area contributed by atoms with E-state index < -0.39 is 29.9 Å². The van der Waals surface area contributed by atoms with Crippen LogP contribution in [0.5, 0.6) is 5.75 Å². The first-order chi connectivity index (χ1) is 19.6. The van der Waals surface area contributed by atoms with Gasteiger partial charge in [-0.05, 0) is 41.3 Å². The lowest BCUT2D eigenvalue weighted by Gasteiger charge is -2.38. The molecule has 1 aliphatic carbocycles. The number of hydrogen-bond acceptors (Lipinski definition) is 4. The van der Waals surface area contributed by atoms with E-state index >= 15 is 0 Å². The summed E-state index contributed by atoms with van der Waals surface area (Å²) >= 11 is 6.41. The minimum atomic E-state index is -4.73. The van der Waals surface area contributed by atoms with Crippen molar-refractivity contribution in [2.45, 2.75) is 36.3 Å². The number of alkyl halides is 5. The molecule has 2 fully saturated rings. The molecule has 2 aliphatic heterocycles. The number of ether oxygens (including phenoxy) is 1. The zero-order valence-electron chi connectivity index (χ0n) is 21.7. The molecule has 3 atom stereocenters. The predicted molar refractivity (Wildman–Crippen MR) is 145 cm³/mol. The monoisotopic (exact) mass is 590 g/mol. The van der Waals surface area contributed by atoms with Crippen LogP contribution in [0.2, 0.25) is 0 Å². The van der Waals surface area contributed by atoms with Gasteiger partial charge in [0, 0.05) is 37.0 Å². The van der Waals surface area contributed by atoms with E-state index in [2.05, 4.69) is 15.4 Å². The molecule has 0 spiro atoms. The van der Waals surface area contributed by atoms with Crippen molar-refractivity contribution in [1.29, 1.82) is 0 Å². The van der Waals surface area contributed by atoms with Crippen molar-refractivity contribution in [3.05, 3.63) is 89.6 Å². The number of benzene rings is 2. The van der Waals surface area contributed by atoms with Gasteiger partial charge in [0.05, 0.1) is 5.71 Å². The van der Waals surface area contributed by atoms with Crippen molar-refractivity contribution in [1.82, 2.24) is 15.5 Å². The number of urea groups is 1. The summed E-state index contributed by atoms with van der Waals surface area (Å²) in [6.45, 7) is 0.320. The van der Waals surface area contributed by atoms with E-state index in [1.54, 1.807) is 18.3 Å². The molecular weight excluding hydrogens is 564 g/mol. The molecule has 3 amide bonds. The number of rotatable bonds is 8. The van der Waals surface area contributed by atoms with Gasteiger partial charge in [-0.3, -0.25) is 9.79 Å². The van der Waals surface area contributed by atoms with Gasteiger partial charge in [0.15, 0.2) is 0 Å². The van der Waals surface area contributed by atoms with E-state index in [0.29, 0.717) is 12.1 Å². The van der Waals surface area contributed by atoms with Gasteiger partial charge in [-0.1, -0.05) is 48.5 Å². The summed E-state index contributed by atoms with van der Waals surface area (Å²) in [5, 5.41) is 5.58. The minimum Gasteiger partial charge on any atom is -0.428 e. The summed E-state index contributed by atoms with van der Waals surface area (Å²) < 4.78 is 58.1. The van der Waals surface area contributed by atoms with E-state index in [-0.39, 0.29) is 48.8 Å². The average Bonchev–Trinajstić information content (AvgIpc) is 3.11. The molecule has 2 heterocycles. The molecule has 0 bridgehead atoms. The number of carbonyl (C=O) groups excluding carboxylic acids is 2. The van der Waals surface area contributed by atoms with Gasteiger partial charge >= 0.3 is 18.6 Å². The number of nitrogens with zero attached hydrogens (tertiary/aromatic N) is 2. The zero-order valence-corrected chi connectivity index (χ0v) is 22.5. The number of piperazine rings is 1. The number of nitrogens with one attached hydrogen (secondary N) is 2. The van der Waals surface area contributed by atoms with Crippen molar-refractivity contribution in [3.63, 3.8) is 0 Å². The predicted octanol–water partition coefficient (Wildman–Crippen LogP) is 5.02. The van der Waals surface area contributed by atoms with Crippen LogP contribution in [0.1, 0.15) is 17.5 Å². The lowest BCUT2D eigenvalue weighted by Crippen LogP contribution is -2.60. The Hall–Kier alpha value is -3.86. The Morgan fingerprint density at radius 2 is 1.98 bits per heavy atom. The average molecular weight is 591 g/mol. The van der Waals surface area contributed by atoms with Crippen LogP contribution in [0, 0.1) is 5.92 Å². The Labute approximate surface area is 238 Å². The molecule has 216 valence electrons. The van der Waals surface area contributed by atoms with E-state index in [1.807, 2.05) is 36.4 Å². The summed E-state index contributed by atoms with van der Waals surface area (Å²) in [6, 6.07) is 13.8. The van der Waals surface area contributed by atoms with Gasteiger partial charge in [-0.25, -0.2) is 4.79 Å². The van der Waals surface area contributed by atoms with Crippen molar-refractivity contribution < 1.29 is 31.9 Å². The summed E-state index contributed by atoms with van der Waals surface area (Å²) in [4.78, 5) is 31.8. The van der Waals surface area contributed by atoms with E-state index in [0.717, 1.165) is 17.2 Å². The summed E-state index contributed by atoms with van der Waals surface area (Å²) in [7, 11) is 0. The molecule has 2 aromatic rings. The van der Waals surface area contributed by atoms with E-state index in [4.69, 9.17) is 16.6 Å². The van der Waals surface area contributed by atoms with Crippen LogP contribution >= 0.6 is 11.6 Å². The largest absolute Gasteiger partial charge is 0.461 e. The first-order valence-corrected chi connectivity index (χ1v) is 13.4. The zero-order chi connectivity index (χ0) is 29.2. The standard InChI is InChI=1S/C29H27ClF4N4O3/c30-23-13-19-16-36-24(10-9-22(19)23)28(15-18-5-2-1-3-6-18,37-27(40)38-12-11-35-25(39)17-38)20-7-4-8-21(14-20)41-29(33,34)26(31)32/h1-10,14,16,22-23,26H,11-13,15,17H2,(H,35,39)(H,37,40)/t22?,23?,28-/m0/s1. The van der Waals surface area contributed by atoms with Crippen LogP contribution in [0.25, 0.3) is 0 Å². The quantitative estimate of drug-likeness (QED) is 0.334. The third-order valence-corrected chi connectivity index (χ3v) is 7.74. The molecule has 7 nitrogen and oxygen atoms in total. The fourth-order valence-electron chi connectivity index (χ4n) is 5.11. The lowest BCUT2D eigenvalue weighted by atomic mass is 9.77. The van der Waals surface area contributed by atoms with Gasteiger partial charge in [0.1, 0.15) is 17.8 Å². The van der Waals surface area contributed by atoms with E-state index in [1.165, 1.54) is 17.0 Å². The Morgan fingerprint density at radius 3 is 2.68 bits per heavy atom. The van der Waals surface area contributed by atoms with Crippen LogP contribution in [0.15, 0.2) is 83.5 Å². The smallest absolute Gasteiger partial charge is 0.428 e. The Morgan fingerprint density at radius 1 is 1.20 bits per heavy atom. The first kappa shape index (κ1) is 28.7. The second-order valence-electron chi connectivity index (χ2n) is 10.1. The molecule has 5 rings (SSSR count). The Bertz CT molecular complexity index is 1400. The highest BCUT2D eigenvalue weighted by molar-refractivity contribution is 6.22. The molecule has 2 N–H and O–H groups in total. The van der Waals surface area contributed by atoms with Crippen LogP contribution in [0.3, 0.4) is 0 Å². The fraction of sp³-hybridized carbons (Fsp3) is 0.345. The summed E-state index contributed by atoms with van der Waals surface area (Å²) in [5.74, 6) is -0.909. The van der Waals surface area contributed by atoms with Crippen LogP contribution in [-0.2, 0) is 16.8 Å².